The lowest BCUT2D eigenvalue weighted by Gasteiger charge is -2.42. The van der Waals surface area contributed by atoms with Gasteiger partial charge in [-0.15, -0.1) is 0 Å². The van der Waals surface area contributed by atoms with Crippen LogP contribution >= 0.6 is 0 Å². The van der Waals surface area contributed by atoms with Crippen molar-refractivity contribution in [2.45, 2.75) is 19.8 Å². The molecule has 2 fully saturated rings. The number of nitrogens with zero attached hydrogens (tertiary/aromatic N) is 2. The molecule has 2 aliphatic rings. The van der Waals surface area contributed by atoms with Crippen LogP contribution in [0.5, 0.6) is 5.75 Å². The van der Waals surface area contributed by atoms with E-state index in [-0.39, 0.29) is 23.0 Å². The van der Waals surface area contributed by atoms with Gasteiger partial charge >= 0.3 is 5.97 Å². The molecule has 0 amide bonds. The van der Waals surface area contributed by atoms with Gasteiger partial charge in [-0.3, -0.25) is 4.79 Å². The molecule has 4 nitrogen and oxygen atoms in total. The first-order chi connectivity index (χ1) is 9.67. The van der Waals surface area contributed by atoms with Crippen LogP contribution in [-0.2, 0) is 4.79 Å². The van der Waals surface area contributed by atoms with E-state index < -0.39 is 0 Å². The van der Waals surface area contributed by atoms with E-state index in [1.807, 2.05) is 18.2 Å². The molecule has 2 saturated heterocycles. The number of carbonyl (C=O) groups excluding carboxylic acids is 1. The van der Waals surface area contributed by atoms with Gasteiger partial charge in [0, 0.05) is 31.5 Å². The van der Waals surface area contributed by atoms with Gasteiger partial charge in [0.15, 0.2) is 0 Å². The highest BCUT2D eigenvalue weighted by Crippen LogP contribution is 2.27. The highest BCUT2D eigenvalue weighted by Gasteiger charge is 2.35. The van der Waals surface area contributed by atoms with Crippen molar-refractivity contribution in [3.8, 4) is 5.75 Å². The van der Waals surface area contributed by atoms with E-state index in [2.05, 4.69) is 11.0 Å². The van der Waals surface area contributed by atoms with Crippen molar-refractivity contribution in [2.75, 3.05) is 44.2 Å². The van der Waals surface area contributed by atoms with E-state index >= 15 is 0 Å². The van der Waals surface area contributed by atoms with Crippen molar-refractivity contribution >= 4 is 11.7 Å². The fourth-order valence-electron chi connectivity index (χ4n) is 3.51. The van der Waals surface area contributed by atoms with E-state index in [4.69, 9.17) is 4.74 Å². The predicted molar refractivity (Wildman–Crippen MR) is 78.9 cm³/mol. The average molecular weight is 355 g/mol. The topological polar surface area (TPSA) is 29.5 Å². The van der Waals surface area contributed by atoms with Gasteiger partial charge in [0.1, 0.15) is 5.75 Å². The summed E-state index contributed by atoms with van der Waals surface area (Å²) in [5.41, 5.74) is 1.17. The lowest BCUT2D eigenvalue weighted by molar-refractivity contribution is -0.917. The Morgan fingerprint density at radius 3 is 2.43 bits per heavy atom. The Hall–Kier alpha value is -1.07. The van der Waals surface area contributed by atoms with Gasteiger partial charge in [-0.25, -0.2) is 0 Å². The molecule has 1 aromatic carbocycles. The molecule has 0 atom stereocenters. The van der Waals surface area contributed by atoms with Crippen LogP contribution in [0.25, 0.3) is 0 Å². The van der Waals surface area contributed by atoms with E-state index in [1.54, 1.807) is 0 Å². The molecule has 0 aliphatic carbocycles. The SMILES string of the molecule is CC(=O)Oc1cccc(N2CC[N+]3(CCCC3)CC2)c1.[Br-]. The number of hydrogen-bond acceptors (Lipinski definition) is 3. The number of rotatable bonds is 2. The van der Waals surface area contributed by atoms with Crippen molar-refractivity contribution in [1.29, 1.82) is 0 Å². The van der Waals surface area contributed by atoms with Crippen LogP contribution in [0.1, 0.15) is 19.8 Å². The van der Waals surface area contributed by atoms with Crippen molar-refractivity contribution in [3.63, 3.8) is 0 Å². The maximum absolute atomic E-state index is 11.0. The van der Waals surface area contributed by atoms with Crippen LogP contribution in [0, 0.1) is 0 Å². The highest BCUT2D eigenvalue weighted by molar-refractivity contribution is 5.70. The zero-order valence-corrected chi connectivity index (χ0v) is 14.1. The summed E-state index contributed by atoms with van der Waals surface area (Å²) in [5.74, 6) is 0.382. The molecule has 2 heterocycles. The predicted octanol–water partition coefficient (Wildman–Crippen LogP) is -0.953. The molecular weight excluding hydrogens is 332 g/mol. The second-order valence-electron chi connectivity index (χ2n) is 6.02. The van der Waals surface area contributed by atoms with Crippen LogP contribution in [0.2, 0.25) is 0 Å². The maximum Gasteiger partial charge on any atom is 0.308 e. The summed E-state index contributed by atoms with van der Waals surface area (Å²) in [5, 5.41) is 0. The van der Waals surface area contributed by atoms with Crippen LogP contribution in [-0.4, -0.2) is 49.7 Å². The Morgan fingerprint density at radius 1 is 1.14 bits per heavy atom. The minimum absolute atomic E-state index is 0. The number of halogens is 1. The van der Waals surface area contributed by atoms with Gasteiger partial charge in [-0.05, 0) is 12.1 Å². The minimum atomic E-state index is -0.262. The van der Waals surface area contributed by atoms with Crippen LogP contribution in [0.15, 0.2) is 24.3 Å². The molecule has 116 valence electrons. The lowest BCUT2D eigenvalue weighted by atomic mass is 10.2. The zero-order chi connectivity index (χ0) is 14.0. The number of esters is 1. The van der Waals surface area contributed by atoms with Gasteiger partial charge in [0.05, 0.1) is 39.3 Å². The molecule has 1 spiro atoms. The van der Waals surface area contributed by atoms with Crippen molar-refractivity contribution in [2.24, 2.45) is 0 Å². The quantitative estimate of drug-likeness (QED) is 0.389. The molecule has 0 saturated carbocycles. The fraction of sp³-hybridized carbons (Fsp3) is 0.562. The third-order valence-corrected chi connectivity index (χ3v) is 4.65. The molecule has 0 radical (unpaired) electrons. The second kappa shape index (κ2) is 6.79. The summed E-state index contributed by atoms with van der Waals surface area (Å²) in [6.45, 7) is 8.86. The standard InChI is InChI=1S/C16H23N2O2.BrH/c1-14(19)20-16-6-4-5-15(13-16)17-7-11-18(12-8-17)9-2-3-10-18;/h4-6,13H,2-3,7-12H2,1H3;1H/q+1;/p-1. The highest BCUT2D eigenvalue weighted by atomic mass is 79.9. The first-order valence-electron chi connectivity index (χ1n) is 7.55. The fourth-order valence-corrected chi connectivity index (χ4v) is 3.51. The number of benzene rings is 1. The van der Waals surface area contributed by atoms with E-state index in [1.165, 1.54) is 56.1 Å². The number of ether oxygens (including phenoxy) is 1. The van der Waals surface area contributed by atoms with Crippen LogP contribution in [0.3, 0.4) is 0 Å². The van der Waals surface area contributed by atoms with Crippen molar-refractivity contribution < 1.29 is 31.0 Å². The normalized spacial score (nSPS) is 20.1. The van der Waals surface area contributed by atoms with Gasteiger partial charge in [0.25, 0.3) is 0 Å². The Bertz CT molecular complexity index is 491. The molecule has 21 heavy (non-hydrogen) atoms. The molecule has 2 aliphatic heterocycles. The van der Waals surface area contributed by atoms with Crippen LogP contribution in [0.4, 0.5) is 5.69 Å². The molecule has 0 aromatic heterocycles. The molecule has 0 bridgehead atoms. The third kappa shape index (κ3) is 3.77. The average Bonchev–Trinajstić information content (AvgIpc) is 2.87. The van der Waals surface area contributed by atoms with E-state index in [0.717, 1.165) is 13.1 Å². The van der Waals surface area contributed by atoms with Crippen molar-refractivity contribution in [1.82, 2.24) is 0 Å². The number of hydrogen-bond donors (Lipinski definition) is 0. The summed E-state index contributed by atoms with van der Waals surface area (Å²) < 4.78 is 6.49. The first kappa shape index (κ1) is 16.3. The van der Waals surface area contributed by atoms with E-state index in [9.17, 15) is 4.79 Å². The van der Waals surface area contributed by atoms with Gasteiger partial charge in [-0.1, -0.05) is 6.07 Å². The van der Waals surface area contributed by atoms with E-state index in [0.29, 0.717) is 5.75 Å². The largest absolute Gasteiger partial charge is 1.00 e. The Balaban J connectivity index is 0.00000161. The number of carbonyl (C=O) groups is 1. The first-order valence-corrected chi connectivity index (χ1v) is 7.55. The smallest absolute Gasteiger partial charge is 0.308 e. The molecule has 5 heteroatoms. The number of quaternary nitrogens is 1. The van der Waals surface area contributed by atoms with Crippen molar-refractivity contribution in [3.05, 3.63) is 24.3 Å². The van der Waals surface area contributed by atoms with Gasteiger partial charge < -0.3 is 31.1 Å². The molecule has 1 aromatic rings. The molecule has 0 N–H and O–H groups in total. The Kier molecular flexibility index (Phi) is 5.27. The summed E-state index contributed by atoms with van der Waals surface area (Å²) in [7, 11) is 0. The second-order valence-corrected chi connectivity index (χ2v) is 6.02. The maximum atomic E-state index is 11.0. The summed E-state index contributed by atoms with van der Waals surface area (Å²) in [6, 6.07) is 7.87. The summed E-state index contributed by atoms with van der Waals surface area (Å²) >= 11 is 0. The molecular formula is C16H23BrN2O2. The Labute approximate surface area is 137 Å². The minimum Gasteiger partial charge on any atom is -1.00 e. The third-order valence-electron chi connectivity index (χ3n) is 4.65. The monoisotopic (exact) mass is 354 g/mol. The molecule has 3 rings (SSSR count). The number of piperazine rings is 1. The Morgan fingerprint density at radius 2 is 1.81 bits per heavy atom. The molecule has 0 unspecified atom stereocenters. The zero-order valence-electron chi connectivity index (χ0n) is 12.6. The summed E-state index contributed by atoms with van der Waals surface area (Å²) in [4.78, 5) is 13.4. The lowest BCUT2D eigenvalue weighted by Crippen LogP contribution is -3.00. The van der Waals surface area contributed by atoms with Gasteiger partial charge in [0.2, 0.25) is 0 Å². The summed E-state index contributed by atoms with van der Waals surface area (Å²) in [6.07, 6.45) is 2.78. The van der Waals surface area contributed by atoms with Crippen LogP contribution < -0.4 is 26.6 Å². The number of anilines is 1. The van der Waals surface area contributed by atoms with Gasteiger partial charge in [-0.2, -0.15) is 0 Å².